The summed E-state index contributed by atoms with van der Waals surface area (Å²) in [5, 5.41) is 9.58. The van der Waals surface area contributed by atoms with Gasteiger partial charge in [-0.25, -0.2) is 4.98 Å². The van der Waals surface area contributed by atoms with Crippen molar-refractivity contribution in [1.29, 1.82) is 5.26 Å². The van der Waals surface area contributed by atoms with E-state index in [4.69, 9.17) is 5.73 Å². The van der Waals surface area contributed by atoms with Crippen LogP contribution in [0.2, 0.25) is 0 Å². The highest BCUT2D eigenvalue weighted by atomic mass is 14.9. The molecule has 0 amide bonds. The van der Waals surface area contributed by atoms with Crippen molar-refractivity contribution in [3.05, 3.63) is 35.2 Å². The van der Waals surface area contributed by atoms with Crippen LogP contribution in [0.15, 0.2) is 18.3 Å². The van der Waals surface area contributed by atoms with Gasteiger partial charge in [-0.1, -0.05) is 19.8 Å². The Morgan fingerprint density at radius 2 is 2.32 bits per heavy atom. The van der Waals surface area contributed by atoms with Crippen LogP contribution in [0, 0.1) is 17.2 Å². The fourth-order valence-corrected chi connectivity index (χ4v) is 3.62. The average molecular weight is 294 g/mol. The smallest absolute Gasteiger partial charge is 0.142 e. The maximum Gasteiger partial charge on any atom is 0.142 e. The topological polar surface area (TPSA) is 67.6 Å². The van der Waals surface area contributed by atoms with Crippen LogP contribution >= 0.6 is 0 Å². The maximum atomic E-state index is 9.58. The van der Waals surface area contributed by atoms with E-state index in [-0.39, 0.29) is 0 Å². The minimum Gasteiger partial charge on any atom is -0.383 e. The Labute approximate surface area is 131 Å². The molecule has 0 aromatic carbocycles. The van der Waals surface area contributed by atoms with Crippen LogP contribution < -0.4 is 5.73 Å². The van der Waals surface area contributed by atoms with Crippen LogP contribution in [0.5, 0.6) is 0 Å². The SMILES string of the molecule is CCCC1CCc2nc(N)c(C#N)c(-c3cccn3C)c2C1. The van der Waals surface area contributed by atoms with Gasteiger partial charge in [0.25, 0.3) is 0 Å². The molecule has 0 fully saturated rings. The molecule has 0 aliphatic heterocycles. The Hall–Kier alpha value is -2.28. The predicted molar refractivity (Wildman–Crippen MR) is 88.2 cm³/mol. The zero-order valence-corrected chi connectivity index (χ0v) is 13.3. The van der Waals surface area contributed by atoms with Gasteiger partial charge in [0.1, 0.15) is 17.5 Å². The number of anilines is 1. The van der Waals surface area contributed by atoms with E-state index in [0.717, 1.165) is 29.8 Å². The fraction of sp³-hybridized carbons (Fsp3) is 0.444. The molecule has 1 aliphatic carbocycles. The molecule has 2 aromatic rings. The molecule has 0 saturated heterocycles. The standard InChI is InChI=1S/C18H22N4/c1-3-5-12-7-8-15-13(10-12)17(14(11-19)18(20)21-15)16-6-4-9-22(16)2/h4,6,9,12H,3,5,7-8,10H2,1-2H3,(H2,20,21). The summed E-state index contributed by atoms with van der Waals surface area (Å²) in [4.78, 5) is 4.53. The van der Waals surface area contributed by atoms with E-state index < -0.39 is 0 Å². The van der Waals surface area contributed by atoms with E-state index in [9.17, 15) is 5.26 Å². The first-order valence-corrected chi connectivity index (χ1v) is 7.98. The van der Waals surface area contributed by atoms with Gasteiger partial charge in [0, 0.05) is 30.2 Å². The first kappa shape index (κ1) is 14.6. The molecule has 0 spiro atoms. The normalized spacial score (nSPS) is 17.0. The second kappa shape index (κ2) is 5.84. The number of nitrogen functional groups attached to an aromatic ring is 1. The monoisotopic (exact) mass is 294 g/mol. The fourth-order valence-electron chi connectivity index (χ4n) is 3.62. The lowest BCUT2D eigenvalue weighted by atomic mass is 9.80. The molecular formula is C18H22N4. The molecule has 1 atom stereocenters. The van der Waals surface area contributed by atoms with Crippen molar-refractivity contribution >= 4 is 5.82 Å². The zero-order valence-electron chi connectivity index (χ0n) is 13.3. The van der Waals surface area contributed by atoms with Crippen LogP contribution in [-0.4, -0.2) is 9.55 Å². The van der Waals surface area contributed by atoms with Crippen molar-refractivity contribution in [1.82, 2.24) is 9.55 Å². The summed E-state index contributed by atoms with van der Waals surface area (Å²) in [7, 11) is 2.01. The van der Waals surface area contributed by atoms with Gasteiger partial charge in [-0.2, -0.15) is 5.26 Å². The molecule has 2 aromatic heterocycles. The van der Waals surface area contributed by atoms with Crippen LogP contribution in [-0.2, 0) is 19.9 Å². The van der Waals surface area contributed by atoms with Gasteiger partial charge in [-0.05, 0) is 42.9 Å². The molecule has 4 nitrogen and oxygen atoms in total. The molecule has 1 unspecified atom stereocenters. The number of nitriles is 1. The highest BCUT2D eigenvalue weighted by Crippen LogP contribution is 2.38. The Balaban J connectivity index is 2.21. The Kier molecular flexibility index (Phi) is 3.89. The van der Waals surface area contributed by atoms with Crippen LogP contribution in [0.1, 0.15) is 43.0 Å². The maximum absolute atomic E-state index is 9.58. The molecule has 2 N–H and O–H groups in total. The van der Waals surface area contributed by atoms with E-state index in [1.165, 1.54) is 24.8 Å². The Morgan fingerprint density at radius 1 is 1.50 bits per heavy atom. The van der Waals surface area contributed by atoms with Gasteiger partial charge in [-0.3, -0.25) is 0 Å². The van der Waals surface area contributed by atoms with Crippen molar-refractivity contribution < 1.29 is 0 Å². The number of hydrogen-bond acceptors (Lipinski definition) is 3. The van der Waals surface area contributed by atoms with E-state index >= 15 is 0 Å². The molecule has 22 heavy (non-hydrogen) atoms. The summed E-state index contributed by atoms with van der Waals surface area (Å²) in [5.74, 6) is 1.06. The van der Waals surface area contributed by atoms with Crippen molar-refractivity contribution in [3.63, 3.8) is 0 Å². The second-order valence-corrected chi connectivity index (χ2v) is 6.19. The third-order valence-electron chi connectivity index (χ3n) is 4.70. The van der Waals surface area contributed by atoms with E-state index in [1.807, 2.05) is 19.3 Å². The summed E-state index contributed by atoms with van der Waals surface area (Å²) < 4.78 is 2.05. The Bertz CT molecular complexity index is 736. The zero-order chi connectivity index (χ0) is 15.7. The number of pyridine rings is 1. The highest BCUT2D eigenvalue weighted by Gasteiger charge is 2.26. The largest absolute Gasteiger partial charge is 0.383 e. The molecule has 0 saturated carbocycles. The molecular weight excluding hydrogens is 272 g/mol. The van der Waals surface area contributed by atoms with Gasteiger partial charge in [0.2, 0.25) is 0 Å². The summed E-state index contributed by atoms with van der Waals surface area (Å²) in [6.45, 7) is 2.23. The number of nitrogens with zero attached hydrogens (tertiary/aromatic N) is 3. The minimum atomic E-state index is 0.367. The molecule has 0 bridgehead atoms. The van der Waals surface area contributed by atoms with E-state index in [1.54, 1.807) is 0 Å². The Morgan fingerprint density at radius 3 is 2.95 bits per heavy atom. The van der Waals surface area contributed by atoms with E-state index in [0.29, 0.717) is 17.3 Å². The molecule has 3 rings (SSSR count). The van der Waals surface area contributed by atoms with Gasteiger partial charge < -0.3 is 10.3 Å². The number of aryl methyl sites for hydroxylation is 2. The van der Waals surface area contributed by atoms with Crippen LogP contribution in [0.4, 0.5) is 5.82 Å². The average Bonchev–Trinajstić information content (AvgIpc) is 2.92. The number of hydrogen-bond donors (Lipinski definition) is 1. The van der Waals surface area contributed by atoms with Gasteiger partial charge in [0.05, 0.1) is 0 Å². The van der Waals surface area contributed by atoms with Gasteiger partial charge >= 0.3 is 0 Å². The lowest BCUT2D eigenvalue weighted by molar-refractivity contribution is 0.419. The third kappa shape index (κ3) is 2.37. The third-order valence-corrected chi connectivity index (χ3v) is 4.70. The van der Waals surface area contributed by atoms with Crippen molar-refractivity contribution in [2.75, 3.05) is 5.73 Å². The molecule has 0 radical (unpaired) electrons. The second-order valence-electron chi connectivity index (χ2n) is 6.19. The van der Waals surface area contributed by atoms with Crippen molar-refractivity contribution in [2.24, 2.45) is 13.0 Å². The molecule has 2 heterocycles. The quantitative estimate of drug-likeness (QED) is 0.942. The minimum absolute atomic E-state index is 0.367. The predicted octanol–water partition coefficient (Wildman–Crippen LogP) is 3.45. The molecule has 114 valence electrons. The first-order chi connectivity index (χ1) is 10.7. The number of nitrogens with two attached hydrogens (primary N) is 1. The van der Waals surface area contributed by atoms with E-state index in [2.05, 4.69) is 28.6 Å². The highest BCUT2D eigenvalue weighted by molar-refractivity contribution is 5.77. The van der Waals surface area contributed by atoms with Crippen molar-refractivity contribution in [3.8, 4) is 17.3 Å². The van der Waals surface area contributed by atoms with Crippen LogP contribution in [0.25, 0.3) is 11.3 Å². The molecule has 4 heteroatoms. The number of aromatic nitrogens is 2. The summed E-state index contributed by atoms with van der Waals surface area (Å²) in [6.07, 6.45) is 7.59. The van der Waals surface area contributed by atoms with Crippen molar-refractivity contribution in [2.45, 2.75) is 39.0 Å². The van der Waals surface area contributed by atoms with Gasteiger partial charge in [0.15, 0.2) is 0 Å². The molecule has 1 aliphatic rings. The summed E-state index contributed by atoms with van der Waals surface area (Å²) in [6, 6.07) is 6.34. The number of rotatable bonds is 3. The number of fused-ring (bicyclic) bond motifs is 1. The summed E-state index contributed by atoms with van der Waals surface area (Å²) >= 11 is 0. The van der Waals surface area contributed by atoms with Gasteiger partial charge in [-0.15, -0.1) is 0 Å². The summed E-state index contributed by atoms with van der Waals surface area (Å²) in [5.41, 5.74) is 11.0. The lowest BCUT2D eigenvalue weighted by Gasteiger charge is -2.27. The lowest BCUT2D eigenvalue weighted by Crippen LogP contribution is -2.19. The van der Waals surface area contributed by atoms with Crippen LogP contribution in [0.3, 0.4) is 0 Å². The first-order valence-electron chi connectivity index (χ1n) is 7.98.